The molecule has 0 saturated heterocycles. The fraction of sp³-hybridized carbons (Fsp3) is 0.273. The van der Waals surface area contributed by atoms with Crippen LogP contribution in [0.3, 0.4) is 0 Å². The van der Waals surface area contributed by atoms with Crippen LogP contribution in [0.2, 0.25) is 0 Å². The van der Waals surface area contributed by atoms with Crippen molar-refractivity contribution in [1.82, 2.24) is 9.88 Å². The Balaban J connectivity index is 2.50. The van der Waals surface area contributed by atoms with Gasteiger partial charge in [0.1, 0.15) is 5.52 Å². The van der Waals surface area contributed by atoms with E-state index in [1.807, 2.05) is 6.92 Å². The molecule has 1 amide bonds. The van der Waals surface area contributed by atoms with Gasteiger partial charge in [0.2, 0.25) is 0 Å². The monoisotopic (exact) mass is 235 g/mol. The number of nitrogens with zero attached hydrogens (tertiary/aromatic N) is 1. The van der Waals surface area contributed by atoms with Gasteiger partial charge in [-0.05, 0) is 18.6 Å². The van der Waals surface area contributed by atoms with E-state index in [4.69, 9.17) is 10.2 Å². The molecule has 2 rings (SSSR count). The van der Waals surface area contributed by atoms with Crippen LogP contribution in [-0.4, -0.2) is 17.1 Å². The van der Waals surface area contributed by atoms with Gasteiger partial charge < -0.3 is 15.5 Å². The van der Waals surface area contributed by atoms with E-state index in [0.29, 0.717) is 23.3 Å². The molecule has 1 aromatic heterocycles. The summed E-state index contributed by atoms with van der Waals surface area (Å²) < 4.78 is 5.91. The molecular weight excluding hydrogens is 222 g/mol. The maximum atomic E-state index is 11.7. The van der Waals surface area contributed by atoms with Gasteiger partial charge in [-0.15, -0.1) is 0 Å². The molecule has 0 bridgehead atoms. The summed E-state index contributed by atoms with van der Waals surface area (Å²) in [7, 11) is 0. The third-order valence-corrected chi connectivity index (χ3v) is 2.33. The zero-order valence-corrected chi connectivity index (χ0v) is 9.40. The minimum Gasteiger partial charge on any atom is -0.407 e. The highest BCUT2D eigenvalue weighted by molar-refractivity contribution is 5.89. The van der Waals surface area contributed by atoms with Gasteiger partial charge in [-0.2, -0.15) is 4.57 Å². The molecule has 0 radical (unpaired) electrons. The maximum Gasteiger partial charge on any atom is 0.428 e. The number of nitrogens with two attached hydrogens (primary N) is 1. The quantitative estimate of drug-likeness (QED) is 0.764. The Bertz CT molecular complexity index is 612. The standard InChI is InChI=1S/C11H13N3O3/c1-2-5-13-10(15)14-8-4-3-7(12)6-9(8)17-11(14)16/h3-4,6H,2,5,12H2,1H3,(H,13,15). The van der Waals surface area contributed by atoms with Crippen LogP contribution in [0, 0.1) is 0 Å². The number of oxazole rings is 1. The van der Waals surface area contributed by atoms with Crippen LogP contribution in [0.4, 0.5) is 10.5 Å². The minimum absolute atomic E-state index is 0.307. The van der Waals surface area contributed by atoms with Crippen molar-refractivity contribution < 1.29 is 9.21 Å². The first kappa shape index (κ1) is 11.3. The second-order valence-corrected chi connectivity index (χ2v) is 3.66. The van der Waals surface area contributed by atoms with Crippen molar-refractivity contribution in [2.24, 2.45) is 0 Å². The lowest BCUT2D eigenvalue weighted by atomic mass is 10.3. The third-order valence-electron chi connectivity index (χ3n) is 2.33. The summed E-state index contributed by atoms with van der Waals surface area (Å²) in [4.78, 5) is 23.3. The zero-order valence-electron chi connectivity index (χ0n) is 9.40. The van der Waals surface area contributed by atoms with E-state index in [0.717, 1.165) is 11.0 Å². The van der Waals surface area contributed by atoms with Gasteiger partial charge in [0.25, 0.3) is 0 Å². The molecule has 90 valence electrons. The van der Waals surface area contributed by atoms with Crippen molar-refractivity contribution in [3.63, 3.8) is 0 Å². The van der Waals surface area contributed by atoms with E-state index in [1.165, 1.54) is 6.07 Å². The number of benzene rings is 1. The number of amides is 1. The number of carbonyl (C=O) groups is 1. The van der Waals surface area contributed by atoms with E-state index < -0.39 is 11.8 Å². The van der Waals surface area contributed by atoms with Gasteiger partial charge in [-0.3, -0.25) is 0 Å². The molecule has 0 spiro atoms. The van der Waals surface area contributed by atoms with E-state index in [9.17, 15) is 9.59 Å². The molecule has 0 aliphatic heterocycles. The first-order valence-corrected chi connectivity index (χ1v) is 5.32. The number of carbonyl (C=O) groups excluding carboxylic acids is 1. The van der Waals surface area contributed by atoms with Crippen LogP contribution in [0.25, 0.3) is 11.1 Å². The zero-order chi connectivity index (χ0) is 12.4. The molecule has 2 aromatic rings. The molecule has 6 heteroatoms. The highest BCUT2D eigenvalue weighted by atomic mass is 16.4. The lowest BCUT2D eigenvalue weighted by Gasteiger charge is -2.02. The van der Waals surface area contributed by atoms with E-state index >= 15 is 0 Å². The minimum atomic E-state index is -0.709. The summed E-state index contributed by atoms with van der Waals surface area (Å²) in [5.41, 5.74) is 6.77. The summed E-state index contributed by atoms with van der Waals surface area (Å²) in [6, 6.07) is 4.22. The average molecular weight is 235 g/mol. The number of anilines is 1. The number of hydrogen-bond acceptors (Lipinski definition) is 4. The van der Waals surface area contributed by atoms with Crippen LogP contribution in [0.15, 0.2) is 27.4 Å². The molecular formula is C11H13N3O3. The lowest BCUT2D eigenvalue weighted by Crippen LogP contribution is -2.34. The number of aromatic nitrogens is 1. The molecule has 3 N–H and O–H groups in total. The van der Waals surface area contributed by atoms with Gasteiger partial charge in [0.15, 0.2) is 5.58 Å². The van der Waals surface area contributed by atoms with Crippen LogP contribution >= 0.6 is 0 Å². The lowest BCUT2D eigenvalue weighted by molar-refractivity contribution is 0.241. The van der Waals surface area contributed by atoms with Crippen molar-refractivity contribution in [2.75, 3.05) is 12.3 Å². The topological polar surface area (TPSA) is 90.3 Å². The summed E-state index contributed by atoms with van der Waals surface area (Å²) in [6.45, 7) is 2.43. The van der Waals surface area contributed by atoms with Gasteiger partial charge in [0, 0.05) is 18.3 Å². The van der Waals surface area contributed by atoms with Gasteiger partial charge in [0.05, 0.1) is 0 Å². The van der Waals surface area contributed by atoms with Crippen LogP contribution in [-0.2, 0) is 0 Å². The predicted molar refractivity (Wildman–Crippen MR) is 64.0 cm³/mol. The first-order chi connectivity index (χ1) is 8.13. The van der Waals surface area contributed by atoms with Gasteiger partial charge >= 0.3 is 11.8 Å². The van der Waals surface area contributed by atoms with Crippen LogP contribution < -0.4 is 16.8 Å². The first-order valence-electron chi connectivity index (χ1n) is 5.32. The maximum absolute atomic E-state index is 11.7. The van der Waals surface area contributed by atoms with E-state index in [-0.39, 0.29) is 0 Å². The van der Waals surface area contributed by atoms with Crippen molar-refractivity contribution in [1.29, 1.82) is 0 Å². The molecule has 0 unspecified atom stereocenters. The van der Waals surface area contributed by atoms with E-state index in [2.05, 4.69) is 5.32 Å². The Morgan fingerprint density at radius 1 is 1.53 bits per heavy atom. The summed E-state index contributed by atoms with van der Waals surface area (Å²) in [6.07, 6.45) is 0.795. The third kappa shape index (κ3) is 2.01. The Hall–Kier alpha value is -2.24. The smallest absolute Gasteiger partial charge is 0.407 e. The van der Waals surface area contributed by atoms with Gasteiger partial charge in [-0.1, -0.05) is 6.92 Å². The molecule has 1 heterocycles. The Morgan fingerprint density at radius 2 is 2.29 bits per heavy atom. The fourth-order valence-electron chi connectivity index (χ4n) is 1.54. The summed E-state index contributed by atoms with van der Waals surface area (Å²) in [5.74, 6) is -0.709. The van der Waals surface area contributed by atoms with Crippen molar-refractivity contribution >= 4 is 22.8 Å². The Labute approximate surface area is 97.0 Å². The molecule has 0 fully saturated rings. The van der Waals surface area contributed by atoms with Gasteiger partial charge in [-0.25, -0.2) is 9.59 Å². The van der Waals surface area contributed by atoms with Crippen LogP contribution in [0.1, 0.15) is 13.3 Å². The van der Waals surface area contributed by atoms with Crippen molar-refractivity contribution in [3.8, 4) is 0 Å². The SMILES string of the molecule is CCCNC(=O)n1c(=O)oc2cc(N)ccc21. The number of nitrogen functional groups attached to an aromatic ring is 1. The fourth-order valence-corrected chi connectivity index (χ4v) is 1.54. The van der Waals surface area contributed by atoms with Crippen molar-refractivity contribution in [3.05, 3.63) is 28.7 Å². The number of hydrogen-bond donors (Lipinski definition) is 2. The highest BCUT2D eigenvalue weighted by Crippen LogP contribution is 2.15. The molecule has 0 aliphatic carbocycles. The molecule has 0 atom stereocenters. The van der Waals surface area contributed by atoms with Crippen LogP contribution in [0.5, 0.6) is 0 Å². The summed E-state index contributed by atoms with van der Waals surface area (Å²) >= 11 is 0. The number of nitrogens with one attached hydrogen (secondary N) is 1. The Morgan fingerprint density at radius 3 is 3.00 bits per heavy atom. The average Bonchev–Trinajstić information content (AvgIpc) is 2.61. The highest BCUT2D eigenvalue weighted by Gasteiger charge is 2.15. The Kier molecular flexibility index (Phi) is 2.86. The molecule has 0 aliphatic rings. The molecule has 6 nitrogen and oxygen atoms in total. The van der Waals surface area contributed by atoms with Crippen molar-refractivity contribution in [2.45, 2.75) is 13.3 Å². The molecule has 1 aromatic carbocycles. The second kappa shape index (κ2) is 4.32. The largest absolute Gasteiger partial charge is 0.428 e. The molecule has 0 saturated carbocycles. The number of rotatable bonds is 2. The molecule has 17 heavy (non-hydrogen) atoms. The summed E-state index contributed by atoms with van der Waals surface area (Å²) in [5, 5.41) is 2.62. The normalized spacial score (nSPS) is 10.6. The predicted octanol–water partition coefficient (Wildman–Crippen LogP) is 1.14. The van der Waals surface area contributed by atoms with E-state index in [1.54, 1.807) is 12.1 Å². The second-order valence-electron chi connectivity index (χ2n) is 3.66. The number of fused-ring (bicyclic) bond motifs is 1.